The Labute approximate surface area is 136 Å². The van der Waals surface area contributed by atoms with Crippen molar-refractivity contribution < 1.29 is 9.53 Å². The molecule has 0 spiro atoms. The molecule has 0 saturated heterocycles. The molecule has 2 rings (SSSR count). The van der Waals surface area contributed by atoms with E-state index in [1.165, 1.54) is 11.5 Å². The number of benzene rings is 1. The summed E-state index contributed by atoms with van der Waals surface area (Å²) in [6.45, 7) is 2.73. The number of carbonyl (C=O) groups is 1. The molecule has 0 unspecified atom stereocenters. The number of rotatable bonds is 5. The average molecular weight is 370 g/mol. The Bertz CT molecular complexity index is 628. The van der Waals surface area contributed by atoms with E-state index in [0.29, 0.717) is 23.7 Å². The van der Waals surface area contributed by atoms with Crippen LogP contribution in [-0.2, 0) is 11.3 Å². The van der Waals surface area contributed by atoms with Gasteiger partial charge in [-0.1, -0.05) is 28.1 Å². The summed E-state index contributed by atoms with van der Waals surface area (Å²) < 4.78 is 10.1. The lowest BCUT2D eigenvalue weighted by Crippen LogP contribution is -2.19. The van der Waals surface area contributed by atoms with E-state index in [2.05, 4.69) is 20.3 Å². The lowest BCUT2D eigenvalue weighted by Gasteiger charge is -2.18. The zero-order valence-corrected chi connectivity index (χ0v) is 14.2. The summed E-state index contributed by atoms with van der Waals surface area (Å²) in [6, 6.07) is 8.01. The first-order valence-corrected chi connectivity index (χ1v) is 7.97. The number of nitrogens with zero attached hydrogens (tertiary/aromatic N) is 2. The minimum atomic E-state index is -0.429. The van der Waals surface area contributed by atoms with Crippen LogP contribution < -0.4 is 10.6 Å². The van der Waals surface area contributed by atoms with Crippen LogP contribution in [0.1, 0.15) is 22.8 Å². The number of aromatic nitrogens is 1. The summed E-state index contributed by atoms with van der Waals surface area (Å²) in [7, 11) is 1.90. The fraction of sp³-hybridized carbons (Fsp3) is 0.286. The maximum Gasteiger partial charge on any atom is 0.345 e. The van der Waals surface area contributed by atoms with Gasteiger partial charge in [0.1, 0.15) is 10.6 Å². The number of carbonyl (C=O) groups excluding carboxylic acids is 1. The number of ether oxygens (including phenoxy) is 1. The fourth-order valence-corrected chi connectivity index (χ4v) is 2.91. The van der Waals surface area contributed by atoms with Gasteiger partial charge in [0.15, 0.2) is 5.82 Å². The van der Waals surface area contributed by atoms with Crippen molar-refractivity contribution in [2.45, 2.75) is 13.5 Å². The van der Waals surface area contributed by atoms with Crippen molar-refractivity contribution >= 4 is 44.3 Å². The zero-order chi connectivity index (χ0) is 15.4. The summed E-state index contributed by atoms with van der Waals surface area (Å²) in [4.78, 5) is 13.9. The quantitative estimate of drug-likeness (QED) is 0.818. The summed E-state index contributed by atoms with van der Waals surface area (Å²) in [5.74, 6) is -0.211. The van der Waals surface area contributed by atoms with E-state index in [9.17, 15) is 4.79 Å². The number of hydrogen-bond acceptors (Lipinski definition) is 6. The van der Waals surface area contributed by atoms with Gasteiger partial charge in [-0.15, -0.1) is 0 Å². The Morgan fingerprint density at radius 1 is 1.43 bits per heavy atom. The predicted octanol–water partition coefficient (Wildman–Crippen LogP) is 3.30. The summed E-state index contributed by atoms with van der Waals surface area (Å²) in [6.07, 6.45) is 0. The second-order valence-electron chi connectivity index (χ2n) is 4.45. The molecule has 2 N–H and O–H groups in total. The molecule has 5 nitrogen and oxygen atoms in total. The third kappa shape index (κ3) is 3.74. The van der Waals surface area contributed by atoms with Gasteiger partial charge in [-0.2, -0.15) is 4.37 Å². The Kier molecular flexibility index (Phi) is 5.19. The van der Waals surface area contributed by atoms with Crippen LogP contribution in [0.3, 0.4) is 0 Å². The van der Waals surface area contributed by atoms with Gasteiger partial charge in [-0.3, -0.25) is 0 Å². The monoisotopic (exact) mass is 369 g/mol. The van der Waals surface area contributed by atoms with E-state index in [1.807, 2.05) is 36.2 Å². The maximum atomic E-state index is 12.0. The molecule has 21 heavy (non-hydrogen) atoms. The van der Waals surface area contributed by atoms with Gasteiger partial charge in [-0.25, -0.2) is 4.79 Å². The third-order valence-corrected chi connectivity index (χ3v) is 4.37. The van der Waals surface area contributed by atoms with Gasteiger partial charge in [-0.05, 0) is 36.2 Å². The second-order valence-corrected chi connectivity index (χ2v) is 6.12. The molecule has 2 aromatic rings. The summed E-state index contributed by atoms with van der Waals surface area (Å²) in [5, 5.41) is 0.717. The van der Waals surface area contributed by atoms with E-state index < -0.39 is 5.97 Å². The van der Waals surface area contributed by atoms with E-state index >= 15 is 0 Å². The number of nitrogens with two attached hydrogens (primary N) is 1. The smallest absolute Gasteiger partial charge is 0.345 e. The second kappa shape index (κ2) is 6.91. The Balaban J connectivity index is 2.21. The first kappa shape index (κ1) is 15.8. The zero-order valence-electron chi connectivity index (χ0n) is 11.8. The van der Waals surface area contributed by atoms with Crippen molar-refractivity contribution in [1.82, 2.24) is 4.37 Å². The highest BCUT2D eigenvalue weighted by Gasteiger charge is 2.23. The number of esters is 1. The van der Waals surface area contributed by atoms with Crippen molar-refractivity contribution in [2.75, 3.05) is 24.3 Å². The molecule has 112 valence electrons. The van der Waals surface area contributed by atoms with E-state index in [0.717, 1.165) is 10.0 Å². The summed E-state index contributed by atoms with van der Waals surface area (Å²) in [5.41, 5.74) is 7.27. The van der Waals surface area contributed by atoms with Crippen molar-refractivity contribution in [1.29, 1.82) is 0 Å². The lowest BCUT2D eigenvalue weighted by molar-refractivity contribution is 0.0528. The van der Waals surface area contributed by atoms with E-state index in [4.69, 9.17) is 10.5 Å². The van der Waals surface area contributed by atoms with E-state index in [1.54, 1.807) is 6.92 Å². The molecule has 0 fully saturated rings. The SMILES string of the molecule is CCOC(=O)c1c(N)nsc1N(C)Cc1ccc(Br)cc1. The van der Waals surface area contributed by atoms with Gasteiger partial charge >= 0.3 is 5.97 Å². The molecule has 0 aliphatic heterocycles. The minimum Gasteiger partial charge on any atom is -0.462 e. The largest absolute Gasteiger partial charge is 0.462 e. The first-order chi connectivity index (χ1) is 10.0. The molecule has 0 radical (unpaired) electrons. The van der Waals surface area contributed by atoms with Gasteiger partial charge < -0.3 is 15.4 Å². The first-order valence-electron chi connectivity index (χ1n) is 6.40. The highest BCUT2D eigenvalue weighted by atomic mass is 79.9. The molecule has 1 aromatic carbocycles. The van der Waals surface area contributed by atoms with Crippen LogP contribution in [0, 0.1) is 0 Å². The van der Waals surface area contributed by atoms with E-state index in [-0.39, 0.29) is 5.82 Å². The van der Waals surface area contributed by atoms with Crippen LogP contribution in [0.4, 0.5) is 10.8 Å². The molecule has 0 aliphatic carbocycles. The van der Waals surface area contributed by atoms with Crippen molar-refractivity contribution in [3.05, 3.63) is 39.9 Å². The number of halogens is 1. The molecule has 0 saturated carbocycles. The van der Waals surface area contributed by atoms with Crippen molar-refractivity contribution in [3.63, 3.8) is 0 Å². The van der Waals surface area contributed by atoms with Gasteiger partial charge in [0.05, 0.1) is 6.61 Å². The number of nitrogen functional groups attached to an aromatic ring is 1. The maximum absolute atomic E-state index is 12.0. The molecule has 0 amide bonds. The highest BCUT2D eigenvalue weighted by molar-refractivity contribution is 9.10. The topological polar surface area (TPSA) is 68.5 Å². The Morgan fingerprint density at radius 2 is 2.10 bits per heavy atom. The van der Waals surface area contributed by atoms with Crippen LogP contribution in [-0.4, -0.2) is 24.0 Å². The molecule has 1 aromatic heterocycles. The molecule has 0 atom stereocenters. The van der Waals surface area contributed by atoms with Crippen LogP contribution in [0.5, 0.6) is 0 Å². The standard InChI is InChI=1S/C14H16BrN3O2S/c1-3-20-14(19)11-12(16)17-21-13(11)18(2)8-9-4-6-10(15)7-5-9/h4-7H,3,8H2,1-2H3,(H2,16,17). The van der Waals surface area contributed by atoms with Crippen LogP contribution in [0.25, 0.3) is 0 Å². The molecule has 0 aliphatic rings. The van der Waals surface area contributed by atoms with Crippen LogP contribution in [0.2, 0.25) is 0 Å². The highest BCUT2D eigenvalue weighted by Crippen LogP contribution is 2.31. The average Bonchev–Trinajstić information content (AvgIpc) is 2.83. The van der Waals surface area contributed by atoms with Gasteiger partial charge in [0, 0.05) is 18.1 Å². The molecular weight excluding hydrogens is 354 g/mol. The van der Waals surface area contributed by atoms with Crippen LogP contribution >= 0.6 is 27.5 Å². The predicted molar refractivity (Wildman–Crippen MR) is 88.7 cm³/mol. The molecule has 0 bridgehead atoms. The third-order valence-electron chi connectivity index (χ3n) is 2.86. The Morgan fingerprint density at radius 3 is 2.71 bits per heavy atom. The number of hydrogen-bond donors (Lipinski definition) is 1. The van der Waals surface area contributed by atoms with Crippen molar-refractivity contribution in [2.24, 2.45) is 0 Å². The molecule has 1 heterocycles. The lowest BCUT2D eigenvalue weighted by atomic mass is 10.2. The molecular formula is C14H16BrN3O2S. The van der Waals surface area contributed by atoms with Gasteiger partial charge in [0.25, 0.3) is 0 Å². The summed E-state index contributed by atoms with van der Waals surface area (Å²) >= 11 is 4.61. The molecule has 7 heteroatoms. The fourth-order valence-electron chi connectivity index (χ4n) is 1.88. The van der Waals surface area contributed by atoms with Gasteiger partial charge in [0.2, 0.25) is 0 Å². The van der Waals surface area contributed by atoms with Crippen LogP contribution in [0.15, 0.2) is 28.7 Å². The normalized spacial score (nSPS) is 10.4. The Hall–Kier alpha value is -1.60. The number of anilines is 2. The minimum absolute atomic E-state index is 0.219. The van der Waals surface area contributed by atoms with Crippen molar-refractivity contribution in [3.8, 4) is 0 Å².